The molecule has 0 aromatic rings. The van der Waals surface area contributed by atoms with Gasteiger partial charge in [0.2, 0.25) is 11.8 Å². The van der Waals surface area contributed by atoms with Crippen molar-refractivity contribution in [2.45, 2.75) is 183 Å². The van der Waals surface area contributed by atoms with E-state index in [1.54, 1.807) is 0 Å². The van der Waals surface area contributed by atoms with Crippen molar-refractivity contribution in [3.8, 4) is 0 Å². The van der Waals surface area contributed by atoms with Gasteiger partial charge in [-0.25, -0.2) is 0 Å². The maximum Gasteiger partial charge on any atom is 0.263 e. The van der Waals surface area contributed by atoms with E-state index in [1.165, 1.54) is 37.0 Å². The molecule has 3 saturated heterocycles. The van der Waals surface area contributed by atoms with Crippen molar-refractivity contribution in [1.29, 1.82) is 0 Å². The van der Waals surface area contributed by atoms with Crippen LogP contribution >= 0.6 is 0 Å². The van der Waals surface area contributed by atoms with Crippen LogP contribution in [0.2, 0.25) is 24.2 Å². The van der Waals surface area contributed by atoms with Crippen LogP contribution in [0.15, 0.2) is 11.3 Å². The molecular formula is C43H69N3O6Si. The number of piperidine rings is 1. The summed E-state index contributed by atoms with van der Waals surface area (Å²) in [5.41, 5.74) is 2.23. The van der Waals surface area contributed by atoms with Crippen molar-refractivity contribution in [2.75, 3.05) is 33.4 Å². The Balaban J connectivity index is 1.09. The van der Waals surface area contributed by atoms with Crippen LogP contribution in [0.1, 0.15) is 129 Å². The summed E-state index contributed by atoms with van der Waals surface area (Å²) in [4.78, 5) is 48.7. The largest absolute Gasteiger partial charge is 0.394 e. The number of allylic oxidation sites excluding steroid dienone is 1. The van der Waals surface area contributed by atoms with Gasteiger partial charge in [0.05, 0.1) is 39.4 Å². The van der Waals surface area contributed by atoms with Gasteiger partial charge in [-0.2, -0.15) is 0 Å². The molecule has 4 aliphatic carbocycles. The highest BCUT2D eigenvalue weighted by atomic mass is 28.3. The van der Waals surface area contributed by atoms with Gasteiger partial charge in [-0.15, -0.1) is 0 Å². The molecule has 3 amide bonds. The lowest BCUT2D eigenvalue weighted by Crippen LogP contribution is -2.53. The normalized spacial score (nSPS) is 40.8. The maximum atomic E-state index is 15.4. The van der Waals surface area contributed by atoms with E-state index in [0.717, 1.165) is 103 Å². The van der Waals surface area contributed by atoms with Gasteiger partial charge in [-0.05, 0) is 105 Å². The Bertz CT molecular complexity index is 1430. The molecule has 0 aromatic heterocycles. The molecule has 3 saturated carbocycles. The Labute approximate surface area is 319 Å². The van der Waals surface area contributed by atoms with E-state index < -0.39 is 13.7 Å². The highest BCUT2D eigenvalue weighted by Gasteiger charge is 2.68. The number of fused-ring (bicyclic) bond motifs is 2. The lowest BCUT2D eigenvalue weighted by Gasteiger charge is -2.47. The second-order valence-corrected chi connectivity index (χ2v) is 24.6. The molecule has 53 heavy (non-hydrogen) atoms. The summed E-state index contributed by atoms with van der Waals surface area (Å²) < 4.78 is 13.3. The van der Waals surface area contributed by atoms with Crippen molar-refractivity contribution < 1.29 is 29.0 Å². The van der Waals surface area contributed by atoms with E-state index in [2.05, 4.69) is 29.8 Å². The third kappa shape index (κ3) is 6.69. The van der Waals surface area contributed by atoms with Gasteiger partial charge in [0.1, 0.15) is 0 Å². The summed E-state index contributed by atoms with van der Waals surface area (Å²) in [6, 6.07) is 0.189. The summed E-state index contributed by atoms with van der Waals surface area (Å²) in [7, 11) is -0.269. The molecular weight excluding hydrogens is 683 g/mol. The van der Waals surface area contributed by atoms with Crippen LogP contribution in [0, 0.1) is 23.7 Å². The third-order valence-electron chi connectivity index (χ3n) is 16.6. The number of carbonyl (C=O) groups is 3. The number of nitrogens with zero attached hydrogens (tertiary/aromatic N) is 3. The smallest absolute Gasteiger partial charge is 0.263 e. The zero-order valence-electron chi connectivity index (χ0n) is 33.4. The number of rotatable bonds is 9. The van der Waals surface area contributed by atoms with Gasteiger partial charge < -0.3 is 29.3 Å². The summed E-state index contributed by atoms with van der Waals surface area (Å²) in [6.45, 7) is 9.78. The number of aliphatic hydroxyl groups is 1. The monoisotopic (exact) mass is 751 g/mol. The van der Waals surface area contributed by atoms with Crippen molar-refractivity contribution >= 4 is 25.8 Å². The quantitative estimate of drug-likeness (QED) is 0.200. The summed E-state index contributed by atoms with van der Waals surface area (Å²) in [5, 5.41) is 10.6. The van der Waals surface area contributed by atoms with E-state index in [0.29, 0.717) is 54.2 Å². The Hall–Kier alpha value is -1.75. The predicted molar refractivity (Wildman–Crippen MR) is 208 cm³/mol. The van der Waals surface area contributed by atoms with E-state index >= 15 is 4.79 Å². The predicted octanol–water partition coefficient (Wildman–Crippen LogP) is 7.05. The lowest BCUT2D eigenvalue weighted by atomic mass is 9.73. The lowest BCUT2D eigenvalue weighted by molar-refractivity contribution is -0.154. The van der Waals surface area contributed by atoms with Gasteiger partial charge >= 0.3 is 0 Å². The first-order chi connectivity index (χ1) is 25.6. The maximum absolute atomic E-state index is 15.4. The highest BCUT2D eigenvalue weighted by Crippen LogP contribution is 2.62. The van der Waals surface area contributed by atoms with Crippen molar-refractivity contribution in [1.82, 2.24) is 14.7 Å². The molecule has 4 aliphatic heterocycles. The van der Waals surface area contributed by atoms with E-state index in [-0.39, 0.29) is 42.0 Å². The number of amides is 3. The van der Waals surface area contributed by atoms with Gasteiger partial charge in [0.15, 0.2) is 5.60 Å². The van der Waals surface area contributed by atoms with Crippen LogP contribution in [-0.4, -0.2) is 109 Å². The molecule has 1 N–H and O–H groups in total. The second-order valence-electron chi connectivity index (χ2n) is 19.4. The number of ether oxygens (including phenoxy) is 2. The number of methoxy groups -OCH3 is 1. The zero-order chi connectivity index (χ0) is 37.1. The number of likely N-dealkylation sites (tertiary alicyclic amines) is 2. The van der Waals surface area contributed by atoms with Gasteiger partial charge in [-0.1, -0.05) is 58.5 Å². The molecule has 4 heterocycles. The fraction of sp³-hybridized carbons (Fsp3) is 0.884. The molecule has 4 unspecified atom stereocenters. The first kappa shape index (κ1) is 38.1. The Morgan fingerprint density at radius 2 is 1.68 bits per heavy atom. The molecule has 10 heteroatoms. The van der Waals surface area contributed by atoms with Crippen molar-refractivity contribution in [2.24, 2.45) is 23.7 Å². The van der Waals surface area contributed by atoms with E-state index in [1.807, 2.05) is 12.0 Å². The topological polar surface area (TPSA) is 99.6 Å². The fourth-order valence-electron chi connectivity index (χ4n) is 13.6. The van der Waals surface area contributed by atoms with Crippen LogP contribution in [0.5, 0.6) is 0 Å². The number of carbonyl (C=O) groups excluding carboxylic acids is 3. The highest BCUT2D eigenvalue weighted by molar-refractivity contribution is 6.80. The van der Waals surface area contributed by atoms with Gasteiger partial charge in [0, 0.05) is 50.8 Å². The molecule has 6 fully saturated rings. The number of aliphatic hydroxyl groups excluding tert-OH is 1. The summed E-state index contributed by atoms with van der Waals surface area (Å²) in [6.07, 6.45) is 19.5. The molecule has 0 radical (unpaired) electrons. The molecule has 8 rings (SSSR count). The molecule has 0 bridgehead atoms. The van der Waals surface area contributed by atoms with E-state index in [9.17, 15) is 14.7 Å². The average Bonchev–Trinajstić information content (AvgIpc) is 3.59. The van der Waals surface area contributed by atoms with Gasteiger partial charge in [0.25, 0.3) is 5.91 Å². The second kappa shape index (κ2) is 15.3. The Morgan fingerprint density at radius 1 is 0.925 bits per heavy atom. The Morgan fingerprint density at radius 3 is 2.38 bits per heavy atom. The summed E-state index contributed by atoms with van der Waals surface area (Å²) >= 11 is 0. The van der Waals surface area contributed by atoms with Crippen molar-refractivity contribution in [3.63, 3.8) is 0 Å². The fourth-order valence-corrected chi connectivity index (χ4v) is 18.6. The molecule has 296 valence electrons. The first-order valence-corrected chi connectivity index (χ1v) is 25.2. The number of hydrogen-bond donors (Lipinski definition) is 1. The van der Waals surface area contributed by atoms with E-state index in [4.69, 9.17) is 9.47 Å². The minimum absolute atomic E-state index is 0.00162. The third-order valence-corrected chi connectivity index (χ3v) is 21.8. The van der Waals surface area contributed by atoms with Crippen LogP contribution in [0.3, 0.4) is 0 Å². The Kier molecular flexibility index (Phi) is 11.0. The molecule has 8 aliphatic rings. The first-order valence-electron chi connectivity index (χ1n) is 22.0. The zero-order valence-corrected chi connectivity index (χ0v) is 34.4. The minimum Gasteiger partial charge on any atom is -0.394 e. The SMILES string of the molecule is COC1CCC([Si](C)(C)[C@@H]2[C@@H](CC(=O)N3CC4CCCCC4C[C@H]3CO)O[C@]3(C(=O)N(CC4CCCC(N5CCC5=O)C4)C4=C3CCCC4)[C@H]2C)CC1. The van der Waals surface area contributed by atoms with Crippen molar-refractivity contribution in [3.05, 3.63) is 11.3 Å². The molecule has 0 aromatic carbocycles. The van der Waals surface area contributed by atoms with Gasteiger partial charge in [-0.3, -0.25) is 14.4 Å². The van der Waals surface area contributed by atoms with Crippen LogP contribution in [0.4, 0.5) is 0 Å². The van der Waals surface area contributed by atoms with Crippen LogP contribution in [0.25, 0.3) is 0 Å². The average molecular weight is 752 g/mol. The standard InChI is InChI=1S/C43H69N3O6Si/c1-28-41(53(3,4)35-18-16-34(51-2)17-19-35)38(24-40(49)45-26-31-12-6-5-11-30(31)23-33(45)27-47)52-43(28)36-14-7-8-15-37(36)46(42(43)50)25-29-10-9-13-32(22-29)44-21-20-39(44)48/h28-35,38,41,47H,5-27H2,1-4H3/t28-,29?,30?,31?,32?,33-,34?,35?,38+,41-,43+/m0/s1. The molecule has 9 atom stereocenters. The summed E-state index contributed by atoms with van der Waals surface area (Å²) in [5.74, 6) is 2.07. The minimum atomic E-state index is -2.11. The number of hydrogen-bond acceptors (Lipinski definition) is 6. The molecule has 9 nitrogen and oxygen atoms in total. The van der Waals surface area contributed by atoms with Crippen LogP contribution < -0.4 is 0 Å². The number of β-lactam (4-membered cyclic amide) rings is 1. The molecule has 1 spiro atoms. The van der Waals surface area contributed by atoms with Crippen LogP contribution in [-0.2, 0) is 23.9 Å².